The van der Waals surface area contributed by atoms with Gasteiger partial charge in [0.25, 0.3) is 0 Å². The number of rotatable bonds is 1. The number of aliphatic hydroxyl groups is 1. The first kappa shape index (κ1) is 11.4. The van der Waals surface area contributed by atoms with Crippen molar-refractivity contribution < 1.29 is 5.11 Å². The molecule has 84 valence electrons. The van der Waals surface area contributed by atoms with Gasteiger partial charge in [0.1, 0.15) is 6.07 Å². The number of piperidine rings is 1. The first-order valence-corrected chi connectivity index (χ1v) is 5.67. The molecular formula is C12H13ClN2O. The summed E-state index contributed by atoms with van der Waals surface area (Å²) in [4.78, 5) is 0. The quantitative estimate of drug-likeness (QED) is 0.782. The van der Waals surface area contributed by atoms with Gasteiger partial charge in [0.2, 0.25) is 0 Å². The molecule has 0 aromatic heterocycles. The Hall–Kier alpha value is -1.08. The number of nitrogens with one attached hydrogen (secondary N) is 1. The van der Waals surface area contributed by atoms with E-state index >= 15 is 0 Å². The van der Waals surface area contributed by atoms with Gasteiger partial charge in [-0.2, -0.15) is 5.26 Å². The fourth-order valence-corrected chi connectivity index (χ4v) is 2.25. The van der Waals surface area contributed by atoms with Gasteiger partial charge >= 0.3 is 0 Å². The van der Waals surface area contributed by atoms with Gasteiger partial charge in [0.05, 0.1) is 16.2 Å². The second kappa shape index (κ2) is 4.42. The molecule has 1 aliphatic rings. The summed E-state index contributed by atoms with van der Waals surface area (Å²) in [5.41, 5.74) is 0.448. The molecule has 16 heavy (non-hydrogen) atoms. The lowest BCUT2D eigenvalue weighted by molar-refractivity contribution is 0.00594. The summed E-state index contributed by atoms with van der Waals surface area (Å²) in [6.45, 7) is 1.60. The minimum absolute atomic E-state index is 0.409. The van der Waals surface area contributed by atoms with Gasteiger partial charge in [0, 0.05) is 0 Å². The van der Waals surface area contributed by atoms with Gasteiger partial charge in [-0.3, -0.25) is 0 Å². The number of benzene rings is 1. The lowest BCUT2D eigenvalue weighted by Crippen LogP contribution is -2.39. The van der Waals surface area contributed by atoms with E-state index in [-0.39, 0.29) is 0 Å². The van der Waals surface area contributed by atoms with Gasteiger partial charge < -0.3 is 10.4 Å². The van der Waals surface area contributed by atoms with Crippen LogP contribution in [0.15, 0.2) is 18.2 Å². The largest absolute Gasteiger partial charge is 0.385 e. The third-order valence-electron chi connectivity index (χ3n) is 3.06. The van der Waals surface area contributed by atoms with E-state index in [2.05, 4.69) is 5.32 Å². The standard InChI is InChI=1S/C12H13ClN2O/c13-11-7-10(2-1-9(11)8-14)12(16)3-5-15-6-4-12/h1-2,7,15-16H,3-6H2. The Balaban J connectivity index is 2.33. The van der Waals surface area contributed by atoms with E-state index in [0.717, 1.165) is 18.7 Å². The van der Waals surface area contributed by atoms with Crippen LogP contribution < -0.4 is 5.32 Å². The van der Waals surface area contributed by atoms with Crippen LogP contribution in [0.2, 0.25) is 5.02 Å². The maximum absolute atomic E-state index is 10.4. The van der Waals surface area contributed by atoms with Crippen LogP contribution in [0.4, 0.5) is 0 Å². The van der Waals surface area contributed by atoms with Crippen LogP contribution in [0.5, 0.6) is 0 Å². The second-order valence-corrected chi connectivity index (χ2v) is 4.50. The van der Waals surface area contributed by atoms with Crippen LogP contribution in [-0.2, 0) is 5.60 Å². The SMILES string of the molecule is N#Cc1ccc(C2(O)CCNCC2)cc1Cl. The first-order valence-electron chi connectivity index (χ1n) is 5.29. The zero-order chi connectivity index (χ0) is 11.6. The van der Waals surface area contributed by atoms with Crippen molar-refractivity contribution in [1.82, 2.24) is 5.32 Å². The topological polar surface area (TPSA) is 56.0 Å². The smallest absolute Gasteiger partial charge is 0.101 e. The predicted octanol–water partition coefficient (Wildman–Crippen LogP) is 1.78. The summed E-state index contributed by atoms with van der Waals surface area (Å²) in [5, 5.41) is 22.8. The highest BCUT2D eigenvalue weighted by atomic mass is 35.5. The molecule has 2 rings (SSSR count). The third-order valence-corrected chi connectivity index (χ3v) is 3.37. The molecule has 0 saturated carbocycles. The summed E-state index contributed by atoms with van der Waals surface area (Å²) < 4.78 is 0. The van der Waals surface area contributed by atoms with E-state index in [1.54, 1.807) is 18.2 Å². The molecule has 1 aromatic carbocycles. The lowest BCUT2D eigenvalue weighted by atomic mass is 9.85. The van der Waals surface area contributed by atoms with E-state index in [4.69, 9.17) is 16.9 Å². The van der Waals surface area contributed by atoms with Gasteiger partial charge in [-0.1, -0.05) is 17.7 Å². The summed E-state index contributed by atoms with van der Waals surface area (Å²) in [6.07, 6.45) is 1.35. The highest BCUT2D eigenvalue weighted by Gasteiger charge is 2.31. The van der Waals surface area contributed by atoms with E-state index in [9.17, 15) is 5.11 Å². The van der Waals surface area contributed by atoms with Crippen molar-refractivity contribution >= 4 is 11.6 Å². The summed E-state index contributed by atoms with van der Waals surface area (Å²) in [5.74, 6) is 0. The number of nitrogens with zero attached hydrogens (tertiary/aromatic N) is 1. The minimum Gasteiger partial charge on any atom is -0.385 e. The predicted molar refractivity (Wildman–Crippen MR) is 62.2 cm³/mol. The van der Waals surface area contributed by atoms with Crippen molar-refractivity contribution in [3.8, 4) is 6.07 Å². The molecule has 1 aromatic rings. The molecule has 1 heterocycles. The highest BCUT2D eigenvalue weighted by Crippen LogP contribution is 2.32. The maximum Gasteiger partial charge on any atom is 0.101 e. The molecule has 2 N–H and O–H groups in total. The Morgan fingerprint density at radius 3 is 2.62 bits per heavy atom. The zero-order valence-electron chi connectivity index (χ0n) is 8.83. The second-order valence-electron chi connectivity index (χ2n) is 4.09. The summed E-state index contributed by atoms with van der Waals surface area (Å²) >= 11 is 5.96. The highest BCUT2D eigenvalue weighted by molar-refractivity contribution is 6.31. The lowest BCUT2D eigenvalue weighted by Gasteiger charge is -2.33. The maximum atomic E-state index is 10.4. The molecule has 3 nitrogen and oxygen atoms in total. The van der Waals surface area contributed by atoms with Crippen molar-refractivity contribution in [1.29, 1.82) is 5.26 Å². The minimum atomic E-state index is -0.803. The molecular weight excluding hydrogens is 224 g/mol. The Labute approximate surface area is 99.7 Å². The van der Waals surface area contributed by atoms with E-state index < -0.39 is 5.60 Å². The molecule has 1 aliphatic heterocycles. The molecule has 1 fully saturated rings. The van der Waals surface area contributed by atoms with Gasteiger partial charge in [-0.05, 0) is 43.6 Å². The van der Waals surface area contributed by atoms with Crippen molar-refractivity contribution in [2.45, 2.75) is 18.4 Å². The van der Waals surface area contributed by atoms with Gasteiger partial charge in [0.15, 0.2) is 0 Å². The van der Waals surface area contributed by atoms with Crippen LogP contribution >= 0.6 is 11.6 Å². The Bertz CT molecular complexity index is 433. The number of nitriles is 1. The van der Waals surface area contributed by atoms with Crippen LogP contribution in [0.1, 0.15) is 24.0 Å². The normalized spacial score (nSPS) is 19.1. The Kier molecular flexibility index (Phi) is 3.15. The molecule has 0 radical (unpaired) electrons. The molecule has 0 unspecified atom stereocenters. The molecule has 0 aliphatic carbocycles. The number of hydrogen-bond acceptors (Lipinski definition) is 3. The molecule has 0 amide bonds. The first-order chi connectivity index (χ1) is 7.65. The van der Waals surface area contributed by atoms with Crippen molar-refractivity contribution in [2.24, 2.45) is 0 Å². The van der Waals surface area contributed by atoms with Crippen molar-refractivity contribution in [2.75, 3.05) is 13.1 Å². The van der Waals surface area contributed by atoms with Crippen LogP contribution in [-0.4, -0.2) is 18.2 Å². The average Bonchev–Trinajstić information content (AvgIpc) is 2.30. The van der Waals surface area contributed by atoms with Crippen LogP contribution in [0.3, 0.4) is 0 Å². The molecule has 1 saturated heterocycles. The molecule has 0 spiro atoms. The molecule has 4 heteroatoms. The number of hydrogen-bond donors (Lipinski definition) is 2. The zero-order valence-corrected chi connectivity index (χ0v) is 9.59. The molecule has 0 atom stereocenters. The third kappa shape index (κ3) is 2.05. The average molecular weight is 237 g/mol. The Morgan fingerprint density at radius 1 is 1.38 bits per heavy atom. The van der Waals surface area contributed by atoms with Crippen LogP contribution in [0, 0.1) is 11.3 Å². The van der Waals surface area contributed by atoms with Crippen molar-refractivity contribution in [3.05, 3.63) is 34.3 Å². The summed E-state index contributed by atoms with van der Waals surface area (Å²) in [6, 6.07) is 7.16. The van der Waals surface area contributed by atoms with Gasteiger partial charge in [-0.15, -0.1) is 0 Å². The monoisotopic (exact) mass is 236 g/mol. The van der Waals surface area contributed by atoms with Gasteiger partial charge in [-0.25, -0.2) is 0 Å². The summed E-state index contributed by atoms with van der Waals surface area (Å²) in [7, 11) is 0. The number of halogens is 1. The fraction of sp³-hybridized carbons (Fsp3) is 0.417. The Morgan fingerprint density at radius 2 is 2.06 bits per heavy atom. The van der Waals surface area contributed by atoms with E-state index in [0.29, 0.717) is 23.4 Å². The van der Waals surface area contributed by atoms with E-state index in [1.807, 2.05) is 6.07 Å². The van der Waals surface area contributed by atoms with E-state index in [1.165, 1.54) is 0 Å². The molecule has 0 bridgehead atoms. The van der Waals surface area contributed by atoms with Crippen LogP contribution in [0.25, 0.3) is 0 Å². The van der Waals surface area contributed by atoms with Crippen molar-refractivity contribution in [3.63, 3.8) is 0 Å². The fourth-order valence-electron chi connectivity index (χ4n) is 2.02.